The van der Waals surface area contributed by atoms with Crippen LogP contribution in [0.25, 0.3) is 0 Å². The highest BCUT2D eigenvalue weighted by atomic mass is 32.4. The maximum absolute atomic E-state index is 5.61. The Morgan fingerprint density at radius 2 is 1.23 bits per heavy atom. The molecule has 13 heavy (non-hydrogen) atoms. The summed E-state index contributed by atoms with van der Waals surface area (Å²) in [6, 6.07) is 0. The Hall–Kier alpha value is 0.447. The van der Waals surface area contributed by atoms with Crippen molar-refractivity contribution in [2.75, 3.05) is 25.6 Å². The molecule has 0 saturated carbocycles. The summed E-state index contributed by atoms with van der Waals surface area (Å²) in [7, 11) is -2.38. The summed E-state index contributed by atoms with van der Waals surface area (Å²) in [6.45, 7) is 9.95. The van der Waals surface area contributed by atoms with E-state index in [4.69, 9.17) is 13.3 Å². The molecule has 0 aromatic rings. The Morgan fingerprint density at radius 3 is 1.46 bits per heavy atom. The van der Waals surface area contributed by atoms with E-state index in [0.717, 1.165) is 5.75 Å². The van der Waals surface area contributed by atoms with E-state index < -0.39 is 7.95 Å². The predicted octanol–water partition coefficient (Wildman–Crippen LogP) is 2.28. The molecule has 0 spiro atoms. The second-order valence-electron chi connectivity index (χ2n) is 2.23. The second-order valence-corrected chi connectivity index (χ2v) is 7.33. The van der Waals surface area contributed by atoms with Crippen molar-refractivity contribution in [3.8, 4) is 0 Å². The van der Waals surface area contributed by atoms with Gasteiger partial charge in [-0.1, -0.05) is 18.1 Å². The van der Waals surface area contributed by atoms with E-state index >= 15 is 0 Å². The van der Waals surface area contributed by atoms with Crippen LogP contribution in [0.15, 0.2) is 0 Å². The Balaban J connectivity index is 4.19. The van der Waals surface area contributed by atoms with Crippen molar-refractivity contribution >= 4 is 19.2 Å². The van der Waals surface area contributed by atoms with Gasteiger partial charge >= 0.3 is 7.95 Å². The molecule has 0 aliphatic heterocycles. The summed E-state index contributed by atoms with van der Waals surface area (Å²) < 4.78 is 16.8. The lowest BCUT2D eigenvalue weighted by atomic mass is 10.9. The topological polar surface area (TPSA) is 27.7 Å². The van der Waals surface area contributed by atoms with Crippen LogP contribution in [0.2, 0.25) is 0 Å². The fraction of sp³-hybridized carbons (Fsp3) is 1.00. The molecular weight excluding hydrogens is 204 g/mol. The van der Waals surface area contributed by atoms with Crippen molar-refractivity contribution in [3.63, 3.8) is 0 Å². The van der Waals surface area contributed by atoms with Crippen LogP contribution in [0.4, 0.5) is 0 Å². The van der Waals surface area contributed by atoms with Crippen LogP contribution in [-0.2, 0) is 13.3 Å². The molecule has 0 radical (unpaired) electrons. The van der Waals surface area contributed by atoms with Gasteiger partial charge in [0, 0.05) is 19.8 Å². The first-order chi connectivity index (χ1) is 6.24. The Morgan fingerprint density at radius 1 is 0.846 bits per heavy atom. The number of hydrogen-bond acceptors (Lipinski definition) is 4. The fourth-order valence-electron chi connectivity index (χ4n) is 0.957. The van der Waals surface area contributed by atoms with E-state index in [1.54, 1.807) is 11.2 Å². The van der Waals surface area contributed by atoms with E-state index in [1.165, 1.54) is 0 Å². The van der Waals surface area contributed by atoms with Gasteiger partial charge in [0.25, 0.3) is 0 Å². The van der Waals surface area contributed by atoms with Crippen molar-refractivity contribution in [1.29, 1.82) is 0 Å². The van der Waals surface area contributed by atoms with E-state index in [2.05, 4.69) is 6.92 Å². The molecule has 5 heteroatoms. The van der Waals surface area contributed by atoms with Crippen molar-refractivity contribution in [3.05, 3.63) is 0 Å². The van der Waals surface area contributed by atoms with Crippen LogP contribution in [-0.4, -0.2) is 33.5 Å². The summed E-state index contributed by atoms with van der Waals surface area (Å²) >= 11 is 1.67. The van der Waals surface area contributed by atoms with Gasteiger partial charge in [-0.05, 0) is 26.5 Å². The molecule has 0 bridgehead atoms. The van der Waals surface area contributed by atoms with Gasteiger partial charge in [0.2, 0.25) is 0 Å². The maximum Gasteiger partial charge on any atom is 0.573 e. The van der Waals surface area contributed by atoms with Crippen LogP contribution in [0.3, 0.4) is 0 Å². The van der Waals surface area contributed by atoms with Gasteiger partial charge in [0.1, 0.15) is 0 Å². The minimum atomic E-state index is -2.38. The van der Waals surface area contributed by atoms with Crippen molar-refractivity contribution in [2.45, 2.75) is 27.7 Å². The molecular formula is C8H20O3SSi. The maximum atomic E-state index is 5.61. The molecule has 0 saturated heterocycles. The lowest BCUT2D eigenvalue weighted by Gasteiger charge is -2.26. The van der Waals surface area contributed by atoms with Gasteiger partial charge in [-0.3, -0.25) is 0 Å². The zero-order chi connectivity index (χ0) is 10.2. The van der Waals surface area contributed by atoms with E-state index in [0.29, 0.717) is 19.8 Å². The number of rotatable bonds is 8. The van der Waals surface area contributed by atoms with Gasteiger partial charge < -0.3 is 13.3 Å². The van der Waals surface area contributed by atoms with E-state index in [1.807, 2.05) is 20.8 Å². The average Bonchev–Trinajstić information content (AvgIpc) is 2.06. The lowest BCUT2D eigenvalue weighted by molar-refractivity contribution is 0.0966. The van der Waals surface area contributed by atoms with Gasteiger partial charge in [0.15, 0.2) is 0 Å². The third-order valence-electron chi connectivity index (χ3n) is 1.28. The smallest absolute Gasteiger partial charge is 0.366 e. The summed E-state index contributed by atoms with van der Waals surface area (Å²) in [5, 5.41) is 0. The average molecular weight is 224 g/mol. The Kier molecular flexibility index (Phi) is 8.08. The van der Waals surface area contributed by atoms with Crippen LogP contribution in [0.1, 0.15) is 27.7 Å². The van der Waals surface area contributed by atoms with Crippen molar-refractivity contribution < 1.29 is 13.3 Å². The molecule has 0 fully saturated rings. The van der Waals surface area contributed by atoms with Crippen LogP contribution in [0.5, 0.6) is 0 Å². The van der Waals surface area contributed by atoms with E-state index in [-0.39, 0.29) is 0 Å². The molecule has 0 rings (SSSR count). The van der Waals surface area contributed by atoms with Crippen LogP contribution >= 0.6 is 11.2 Å². The van der Waals surface area contributed by atoms with Crippen LogP contribution in [0, 0.1) is 0 Å². The molecule has 0 aliphatic carbocycles. The molecule has 3 nitrogen and oxygen atoms in total. The Labute approximate surface area is 86.2 Å². The fourth-order valence-corrected chi connectivity index (χ4v) is 5.74. The normalized spacial score (nSPS) is 12.0. The molecule has 0 amide bonds. The minimum Gasteiger partial charge on any atom is -0.366 e. The molecule has 0 unspecified atom stereocenters. The largest absolute Gasteiger partial charge is 0.573 e. The Bertz CT molecular complexity index is 94.4. The minimum absolute atomic E-state index is 0.652. The summed E-state index contributed by atoms with van der Waals surface area (Å²) in [4.78, 5) is 0. The molecule has 0 N–H and O–H groups in total. The highest BCUT2D eigenvalue weighted by molar-refractivity contribution is 8.26. The van der Waals surface area contributed by atoms with Crippen molar-refractivity contribution in [2.24, 2.45) is 0 Å². The first-order valence-electron chi connectivity index (χ1n) is 4.80. The summed E-state index contributed by atoms with van der Waals surface area (Å²) in [6.07, 6.45) is 0. The van der Waals surface area contributed by atoms with Gasteiger partial charge in [0.05, 0.1) is 0 Å². The van der Waals surface area contributed by atoms with Gasteiger partial charge in [-0.2, -0.15) is 0 Å². The zero-order valence-corrected chi connectivity index (χ0v) is 10.8. The van der Waals surface area contributed by atoms with Crippen molar-refractivity contribution in [1.82, 2.24) is 0 Å². The highest BCUT2D eigenvalue weighted by Gasteiger charge is 2.41. The lowest BCUT2D eigenvalue weighted by Crippen LogP contribution is -2.43. The standard InChI is InChI=1S/C8H20O3SSi/c1-5-9-13(10-6-2,11-7-3)12-8-4/h5-8H2,1-4H3. The van der Waals surface area contributed by atoms with Crippen LogP contribution < -0.4 is 0 Å². The molecule has 0 aromatic heterocycles. The molecule has 0 atom stereocenters. The third kappa shape index (κ3) is 5.02. The molecule has 80 valence electrons. The quantitative estimate of drug-likeness (QED) is 0.591. The van der Waals surface area contributed by atoms with Gasteiger partial charge in [-0.15, -0.1) is 0 Å². The zero-order valence-electron chi connectivity index (χ0n) is 8.96. The molecule has 0 aliphatic rings. The predicted molar refractivity (Wildman–Crippen MR) is 58.8 cm³/mol. The first-order valence-corrected chi connectivity index (χ1v) is 8.23. The van der Waals surface area contributed by atoms with Gasteiger partial charge in [-0.25, -0.2) is 0 Å². The second kappa shape index (κ2) is 7.81. The SMILES string of the molecule is CCO[Si](OCC)(OCC)SCC. The monoisotopic (exact) mass is 224 g/mol. The molecule has 0 heterocycles. The van der Waals surface area contributed by atoms with E-state index in [9.17, 15) is 0 Å². The third-order valence-corrected chi connectivity index (χ3v) is 6.84. The number of hydrogen-bond donors (Lipinski definition) is 0. The first kappa shape index (κ1) is 13.4. The highest BCUT2D eigenvalue weighted by Crippen LogP contribution is 2.24. The summed E-state index contributed by atoms with van der Waals surface area (Å²) in [5.41, 5.74) is 0. The molecule has 0 aromatic carbocycles. The summed E-state index contributed by atoms with van der Waals surface area (Å²) in [5.74, 6) is 0.965.